The summed E-state index contributed by atoms with van der Waals surface area (Å²) in [6.45, 7) is 0. The van der Waals surface area contributed by atoms with Gasteiger partial charge in [0.05, 0.1) is 0 Å². The van der Waals surface area contributed by atoms with Gasteiger partial charge in [-0.25, -0.2) is 8.78 Å². The number of carbonyl (C=O) groups excluding carboxylic acids is 1. The third kappa shape index (κ3) is 1.92. The van der Waals surface area contributed by atoms with Crippen LogP contribution in [0.4, 0.5) is 8.78 Å². The van der Waals surface area contributed by atoms with Crippen molar-refractivity contribution in [1.82, 2.24) is 0 Å². The summed E-state index contributed by atoms with van der Waals surface area (Å²) in [4.78, 5) is 10.7. The van der Waals surface area contributed by atoms with Gasteiger partial charge in [-0.3, -0.25) is 4.79 Å². The molecule has 0 aliphatic heterocycles. The summed E-state index contributed by atoms with van der Waals surface area (Å²) < 4.78 is 25.8. The smallest absolute Gasteiger partial charge is 0.245 e. The van der Waals surface area contributed by atoms with E-state index in [0.29, 0.717) is 24.0 Å². The van der Waals surface area contributed by atoms with Crippen molar-refractivity contribution in [2.24, 2.45) is 0 Å². The first kappa shape index (κ1) is 10.3. The van der Waals surface area contributed by atoms with Crippen LogP contribution in [-0.4, -0.2) is 5.24 Å². The lowest BCUT2D eigenvalue weighted by Crippen LogP contribution is -1.90. The molecule has 2 rings (SSSR count). The van der Waals surface area contributed by atoms with Crippen molar-refractivity contribution < 1.29 is 13.6 Å². The quantitative estimate of drug-likeness (QED) is 0.533. The zero-order valence-corrected chi connectivity index (χ0v) is 8.44. The van der Waals surface area contributed by atoms with E-state index in [4.69, 9.17) is 11.6 Å². The zero-order chi connectivity index (χ0) is 11.0. The van der Waals surface area contributed by atoms with E-state index in [9.17, 15) is 13.6 Å². The predicted molar refractivity (Wildman–Crippen MR) is 53.5 cm³/mol. The van der Waals surface area contributed by atoms with E-state index in [2.05, 4.69) is 0 Å². The van der Waals surface area contributed by atoms with Crippen LogP contribution in [0.1, 0.15) is 17.5 Å². The maximum atomic E-state index is 13.0. The molecule has 1 nitrogen and oxygen atoms in total. The fourth-order valence-corrected chi connectivity index (χ4v) is 1.92. The fourth-order valence-electron chi connectivity index (χ4n) is 1.78. The van der Waals surface area contributed by atoms with Gasteiger partial charge in [0.25, 0.3) is 0 Å². The predicted octanol–water partition coefficient (Wildman–Crippen LogP) is 3.06. The summed E-state index contributed by atoms with van der Waals surface area (Å²) >= 11 is 5.21. The molecule has 0 N–H and O–H groups in total. The van der Waals surface area contributed by atoms with Crippen molar-refractivity contribution in [3.8, 4) is 0 Å². The lowest BCUT2D eigenvalue weighted by Gasteiger charge is -2.01. The molecule has 15 heavy (non-hydrogen) atoms. The molecule has 1 aromatic rings. The fraction of sp³-hybridized carbons (Fsp3) is 0.182. The van der Waals surface area contributed by atoms with Crippen molar-refractivity contribution in [1.29, 1.82) is 0 Å². The summed E-state index contributed by atoms with van der Waals surface area (Å²) in [6, 6.07) is 2.29. The van der Waals surface area contributed by atoms with E-state index >= 15 is 0 Å². The Labute approximate surface area is 90.4 Å². The largest absolute Gasteiger partial charge is 0.276 e. The van der Waals surface area contributed by atoms with Gasteiger partial charge in [-0.1, -0.05) is 0 Å². The third-order valence-corrected chi connectivity index (χ3v) is 2.55. The van der Waals surface area contributed by atoms with Crippen LogP contribution in [0.25, 0.3) is 5.57 Å². The van der Waals surface area contributed by atoms with E-state index < -0.39 is 16.9 Å². The average Bonchev–Trinajstić information content (AvgIpc) is 2.49. The summed E-state index contributed by atoms with van der Waals surface area (Å²) in [7, 11) is 0. The van der Waals surface area contributed by atoms with E-state index in [1.807, 2.05) is 0 Å². The van der Waals surface area contributed by atoms with Crippen LogP contribution in [-0.2, 0) is 11.2 Å². The second-order valence-corrected chi connectivity index (χ2v) is 3.77. The minimum absolute atomic E-state index is 0.586. The number of hydrogen-bond acceptors (Lipinski definition) is 1. The van der Waals surface area contributed by atoms with Crippen LogP contribution < -0.4 is 0 Å². The first-order valence-corrected chi connectivity index (χ1v) is 4.84. The number of halogens is 3. The molecule has 0 unspecified atom stereocenters. The average molecular weight is 229 g/mol. The molecule has 0 bridgehead atoms. The third-order valence-electron chi connectivity index (χ3n) is 2.44. The lowest BCUT2D eigenvalue weighted by molar-refractivity contribution is -0.107. The molecular formula is C11H7ClF2O. The molecule has 0 saturated heterocycles. The molecule has 0 saturated carbocycles. The summed E-state index contributed by atoms with van der Waals surface area (Å²) in [6.07, 6.45) is 2.46. The van der Waals surface area contributed by atoms with E-state index in [1.54, 1.807) is 0 Å². The Morgan fingerprint density at radius 2 is 1.93 bits per heavy atom. The van der Waals surface area contributed by atoms with Crippen LogP contribution in [0.2, 0.25) is 0 Å². The highest BCUT2D eigenvalue weighted by molar-refractivity contribution is 6.67. The first-order chi connectivity index (χ1) is 7.08. The van der Waals surface area contributed by atoms with Gasteiger partial charge in [-0.05, 0) is 53.3 Å². The lowest BCUT2D eigenvalue weighted by atomic mass is 10.1. The van der Waals surface area contributed by atoms with Gasteiger partial charge in [0.1, 0.15) is 0 Å². The van der Waals surface area contributed by atoms with Crippen LogP contribution >= 0.6 is 11.6 Å². The van der Waals surface area contributed by atoms with E-state index in [0.717, 1.165) is 11.6 Å². The monoisotopic (exact) mass is 228 g/mol. The Balaban J connectivity index is 2.51. The Hall–Kier alpha value is -1.22. The standard InChI is InChI=1S/C11H7ClF2O/c12-11(15)4-7-2-1-6-3-9(13)10(14)5-8(6)7/h3-5H,1-2H2/b7-4+. The molecule has 0 fully saturated rings. The van der Waals surface area contributed by atoms with Crippen LogP contribution in [0.5, 0.6) is 0 Å². The van der Waals surface area contributed by atoms with Gasteiger partial charge in [-0.2, -0.15) is 0 Å². The molecule has 0 atom stereocenters. The van der Waals surface area contributed by atoms with Gasteiger partial charge in [0, 0.05) is 6.08 Å². The van der Waals surface area contributed by atoms with E-state index in [1.165, 1.54) is 12.1 Å². The Bertz CT molecular complexity index is 466. The molecule has 78 valence electrons. The second-order valence-electron chi connectivity index (χ2n) is 3.40. The summed E-state index contributed by atoms with van der Waals surface area (Å²) in [5.74, 6) is -1.75. The van der Waals surface area contributed by atoms with E-state index in [-0.39, 0.29) is 0 Å². The number of aryl methyl sites for hydroxylation is 1. The topological polar surface area (TPSA) is 17.1 Å². The van der Waals surface area contributed by atoms with Gasteiger partial charge >= 0.3 is 0 Å². The van der Waals surface area contributed by atoms with Crippen molar-refractivity contribution in [2.45, 2.75) is 12.8 Å². The number of rotatable bonds is 1. The van der Waals surface area contributed by atoms with Gasteiger partial charge in [-0.15, -0.1) is 0 Å². The Morgan fingerprint density at radius 3 is 2.60 bits per heavy atom. The maximum absolute atomic E-state index is 13.0. The highest BCUT2D eigenvalue weighted by Gasteiger charge is 2.19. The van der Waals surface area contributed by atoms with Crippen LogP contribution in [0, 0.1) is 11.6 Å². The van der Waals surface area contributed by atoms with Gasteiger partial charge < -0.3 is 0 Å². The molecule has 0 heterocycles. The maximum Gasteiger partial charge on any atom is 0.245 e. The minimum Gasteiger partial charge on any atom is -0.276 e. The molecule has 1 aliphatic carbocycles. The number of allylic oxidation sites excluding steroid dienone is 2. The second kappa shape index (κ2) is 3.74. The Kier molecular flexibility index (Phi) is 2.57. The Morgan fingerprint density at radius 1 is 1.27 bits per heavy atom. The van der Waals surface area contributed by atoms with Crippen molar-refractivity contribution >= 4 is 22.4 Å². The number of benzene rings is 1. The van der Waals surface area contributed by atoms with Crippen molar-refractivity contribution in [3.63, 3.8) is 0 Å². The molecule has 0 aromatic heterocycles. The minimum atomic E-state index is -0.899. The molecule has 0 radical (unpaired) electrons. The highest BCUT2D eigenvalue weighted by Crippen LogP contribution is 2.33. The van der Waals surface area contributed by atoms with Crippen LogP contribution in [0.3, 0.4) is 0 Å². The van der Waals surface area contributed by atoms with Crippen molar-refractivity contribution in [3.05, 3.63) is 41.0 Å². The normalized spacial score (nSPS) is 16.9. The molecule has 4 heteroatoms. The number of fused-ring (bicyclic) bond motifs is 1. The van der Waals surface area contributed by atoms with Gasteiger partial charge in [0.2, 0.25) is 5.24 Å². The summed E-state index contributed by atoms with van der Waals surface area (Å²) in [5, 5.41) is -0.595. The first-order valence-electron chi connectivity index (χ1n) is 4.46. The molecular weight excluding hydrogens is 222 g/mol. The van der Waals surface area contributed by atoms with Crippen LogP contribution in [0.15, 0.2) is 18.2 Å². The number of hydrogen-bond donors (Lipinski definition) is 0. The molecule has 0 spiro atoms. The van der Waals surface area contributed by atoms with Gasteiger partial charge in [0.15, 0.2) is 11.6 Å². The SMILES string of the molecule is O=C(Cl)/C=C1\CCc2cc(F)c(F)cc21. The highest BCUT2D eigenvalue weighted by atomic mass is 35.5. The number of carbonyl (C=O) groups is 1. The molecule has 1 aliphatic rings. The molecule has 1 aromatic carbocycles. The summed E-state index contributed by atoms with van der Waals surface area (Å²) in [5.41, 5.74) is 1.98. The zero-order valence-electron chi connectivity index (χ0n) is 7.69. The molecule has 0 amide bonds. The van der Waals surface area contributed by atoms with Crippen molar-refractivity contribution in [2.75, 3.05) is 0 Å².